The molecule has 1 aromatic rings. The molecule has 16 heavy (non-hydrogen) atoms. The summed E-state index contributed by atoms with van der Waals surface area (Å²) in [7, 11) is 0. The second-order valence-corrected chi connectivity index (χ2v) is 5.33. The Morgan fingerprint density at radius 3 is 3.25 bits per heavy atom. The van der Waals surface area contributed by atoms with Gasteiger partial charge in [-0.25, -0.2) is 4.98 Å². The standard InChI is InChI=1S/C12H19N3S/c13-11-4-2-7-15-12(11)16-8-5-10-3-1-6-14-9-10/h2,4,7,10,14H,1,3,5-6,8-9,13H2. The fourth-order valence-electron chi connectivity index (χ4n) is 2.02. The third-order valence-electron chi connectivity index (χ3n) is 2.96. The Bertz CT molecular complexity index is 324. The van der Waals surface area contributed by atoms with Gasteiger partial charge in [-0.2, -0.15) is 0 Å². The monoisotopic (exact) mass is 237 g/mol. The summed E-state index contributed by atoms with van der Waals surface area (Å²) >= 11 is 1.78. The first-order chi connectivity index (χ1) is 7.86. The van der Waals surface area contributed by atoms with E-state index in [2.05, 4.69) is 10.3 Å². The van der Waals surface area contributed by atoms with Crippen LogP contribution >= 0.6 is 11.8 Å². The normalized spacial score (nSPS) is 20.9. The predicted octanol–water partition coefficient (Wildman–Crippen LogP) is 2.15. The van der Waals surface area contributed by atoms with Crippen LogP contribution in [0.25, 0.3) is 0 Å². The molecule has 1 unspecified atom stereocenters. The molecule has 0 aliphatic carbocycles. The molecule has 1 aliphatic heterocycles. The average molecular weight is 237 g/mol. The molecule has 0 radical (unpaired) electrons. The SMILES string of the molecule is Nc1cccnc1SCCC1CCCNC1. The molecule has 1 aliphatic rings. The van der Waals surface area contributed by atoms with Crippen LogP contribution in [-0.4, -0.2) is 23.8 Å². The van der Waals surface area contributed by atoms with Gasteiger partial charge in [-0.1, -0.05) is 0 Å². The Balaban J connectivity index is 1.73. The van der Waals surface area contributed by atoms with Crippen LogP contribution < -0.4 is 11.1 Å². The number of pyridine rings is 1. The molecule has 1 aromatic heterocycles. The average Bonchev–Trinajstić information content (AvgIpc) is 2.33. The lowest BCUT2D eigenvalue weighted by Gasteiger charge is -2.22. The van der Waals surface area contributed by atoms with Gasteiger partial charge in [0.1, 0.15) is 5.03 Å². The van der Waals surface area contributed by atoms with Crippen LogP contribution in [0, 0.1) is 5.92 Å². The molecule has 0 amide bonds. The number of aromatic nitrogens is 1. The van der Waals surface area contributed by atoms with E-state index in [0.29, 0.717) is 0 Å². The highest BCUT2D eigenvalue weighted by molar-refractivity contribution is 7.99. The molecule has 3 nitrogen and oxygen atoms in total. The lowest BCUT2D eigenvalue weighted by atomic mass is 9.97. The maximum absolute atomic E-state index is 5.84. The van der Waals surface area contributed by atoms with Gasteiger partial charge in [0.15, 0.2) is 0 Å². The molecule has 1 fully saturated rings. The minimum absolute atomic E-state index is 0.800. The summed E-state index contributed by atoms with van der Waals surface area (Å²) in [6.07, 6.45) is 5.75. The van der Waals surface area contributed by atoms with Gasteiger partial charge < -0.3 is 11.1 Å². The predicted molar refractivity (Wildman–Crippen MR) is 69.6 cm³/mol. The quantitative estimate of drug-likeness (QED) is 0.788. The van der Waals surface area contributed by atoms with Crippen LogP contribution in [0.15, 0.2) is 23.4 Å². The molecule has 1 saturated heterocycles. The second-order valence-electron chi connectivity index (χ2n) is 4.25. The Morgan fingerprint density at radius 1 is 1.56 bits per heavy atom. The van der Waals surface area contributed by atoms with Crippen LogP contribution in [0.4, 0.5) is 5.69 Å². The number of hydrogen-bond donors (Lipinski definition) is 2. The molecule has 88 valence electrons. The lowest BCUT2D eigenvalue weighted by molar-refractivity contribution is 0.371. The van der Waals surface area contributed by atoms with Gasteiger partial charge in [-0.3, -0.25) is 0 Å². The molecule has 0 saturated carbocycles. The van der Waals surface area contributed by atoms with Crippen molar-refractivity contribution in [2.75, 3.05) is 24.6 Å². The van der Waals surface area contributed by atoms with Crippen molar-refractivity contribution in [1.29, 1.82) is 0 Å². The lowest BCUT2D eigenvalue weighted by Crippen LogP contribution is -2.29. The van der Waals surface area contributed by atoms with Crippen LogP contribution in [-0.2, 0) is 0 Å². The number of rotatable bonds is 4. The number of nitrogens with zero attached hydrogens (tertiary/aromatic N) is 1. The summed E-state index contributed by atoms with van der Waals surface area (Å²) in [4.78, 5) is 4.28. The van der Waals surface area contributed by atoms with E-state index >= 15 is 0 Å². The van der Waals surface area contributed by atoms with Crippen molar-refractivity contribution in [2.24, 2.45) is 5.92 Å². The molecule has 2 rings (SSSR count). The van der Waals surface area contributed by atoms with Crippen molar-refractivity contribution in [2.45, 2.75) is 24.3 Å². The Kier molecular flexibility index (Phi) is 4.48. The Labute approximate surface area is 101 Å². The van der Waals surface area contributed by atoms with E-state index in [1.807, 2.05) is 12.1 Å². The van der Waals surface area contributed by atoms with Crippen molar-refractivity contribution in [3.63, 3.8) is 0 Å². The fraction of sp³-hybridized carbons (Fsp3) is 0.583. The molecule has 1 atom stereocenters. The topological polar surface area (TPSA) is 50.9 Å². The summed E-state index contributed by atoms with van der Waals surface area (Å²) in [5, 5.41) is 4.42. The summed E-state index contributed by atoms with van der Waals surface area (Å²) in [6, 6.07) is 3.79. The number of thioether (sulfide) groups is 1. The first-order valence-electron chi connectivity index (χ1n) is 5.90. The van der Waals surface area contributed by atoms with Crippen molar-refractivity contribution in [3.05, 3.63) is 18.3 Å². The van der Waals surface area contributed by atoms with E-state index in [0.717, 1.165) is 22.4 Å². The summed E-state index contributed by atoms with van der Waals surface area (Å²) in [5.74, 6) is 1.96. The maximum Gasteiger partial charge on any atom is 0.119 e. The number of nitrogen functional groups attached to an aromatic ring is 1. The highest BCUT2D eigenvalue weighted by Gasteiger charge is 2.12. The van der Waals surface area contributed by atoms with Gasteiger partial charge in [-0.15, -0.1) is 11.8 Å². The van der Waals surface area contributed by atoms with Gasteiger partial charge >= 0.3 is 0 Å². The van der Waals surface area contributed by atoms with Gasteiger partial charge in [0.2, 0.25) is 0 Å². The number of nitrogens with one attached hydrogen (secondary N) is 1. The van der Waals surface area contributed by atoms with Crippen LogP contribution in [0.5, 0.6) is 0 Å². The summed E-state index contributed by atoms with van der Waals surface area (Å²) < 4.78 is 0. The van der Waals surface area contributed by atoms with Gasteiger partial charge in [0.05, 0.1) is 5.69 Å². The van der Waals surface area contributed by atoms with Crippen LogP contribution in [0.1, 0.15) is 19.3 Å². The third-order valence-corrected chi connectivity index (χ3v) is 4.02. The Morgan fingerprint density at radius 2 is 2.50 bits per heavy atom. The van der Waals surface area contributed by atoms with Crippen molar-refractivity contribution in [1.82, 2.24) is 10.3 Å². The van der Waals surface area contributed by atoms with E-state index in [9.17, 15) is 0 Å². The Hall–Kier alpha value is -0.740. The third kappa shape index (κ3) is 3.39. The number of nitrogens with two attached hydrogens (primary N) is 1. The van der Waals surface area contributed by atoms with Crippen molar-refractivity contribution in [3.8, 4) is 0 Å². The highest BCUT2D eigenvalue weighted by Crippen LogP contribution is 2.25. The van der Waals surface area contributed by atoms with E-state index in [1.165, 1.54) is 32.4 Å². The summed E-state index contributed by atoms with van der Waals surface area (Å²) in [5.41, 5.74) is 6.64. The van der Waals surface area contributed by atoms with E-state index in [-0.39, 0.29) is 0 Å². The zero-order valence-corrected chi connectivity index (χ0v) is 10.3. The molecule has 4 heteroatoms. The van der Waals surface area contributed by atoms with Gasteiger partial charge in [0, 0.05) is 6.20 Å². The first-order valence-corrected chi connectivity index (χ1v) is 6.89. The molecular formula is C12H19N3S. The summed E-state index contributed by atoms with van der Waals surface area (Å²) in [6.45, 7) is 2.37. The molecule has 0 spiro atoms. The molecule has 0 bridgehead atoms. The number of hydrogen-bond acceptors (Lipinski definition) is 4. The fourth-order valence-corrected chi connectivity index (χ4v) is 3.03. The molecular weight excluding hydrogens is 218 g/mol. The smallest absolute Gasteiger partial charge is 0.119 e. The van der Waals surface area contributed by atoms with E-state index in [4.69, 9.17) is 5.73 Å². The van der Waals surface area contributed by atoms with Crippen molar-refractivity contribution < 1.29 is 0 Å². The van der Waals surface area contributed by atoms with Crippen molar-refractivity contribution >= 4 is 17.4 Å². The number of anilines is 1. The van der Waals surface area contributed by atoms with E-state index < -0.39 is 0 Å². The first kappa shape index (κ1) is 11.7. The minimum Gasteiger partial charge on any atom is -0.397 e. The molecule has 2 heterocycles. The van der Waals surface area contributed by atoms with Gasteiger partial charge in [0.25, 0.3) is 0 Å². The highest BCUT2D eigenvalue weighted by atomic mass is 32.2. The van der Waals surface area contributed by atoms with Crippen LogP contribution in [0.2, 0.25) is 0 Å². The van der Waals surface area contributed by atoms with Crippen LogP contribution in [0.3, 0.4) is 0 Å². The van der Waals surface area contributed by atoms with E-state index in [1.54, 1.807) is 18.0 Å². The molecule has 0 aromatic carbocycles. The largest absolute Gasteiger partial charge is 0.397 e. The minimum atomic E-state index is 0.800. The zero-order valence-electron chi connectivity index (χ0n) is 9.48. The number of piperidine rings is 1. The zero-order chi connectivity index (χ0) is 11.2. The maximum atomic E-state index is 5.84. The second kappa shape index (κ2) is 6.11. The van der Waals surface area contributed by atoms with Gasteiger partial charge in [-0.05, 0) is 56.2 Å². The molecule has 3 N–H and O–H groups in total.